The maximum Gasteiger partial charge on any atom is 0.277 e. The molecule has 0 spiro atoms. The van der Waals surface area contributed by atoms with Crippen LogP contribution < -0.4 is 15.6 Å². The Kier molecular flexibility index (Phi) is 5.38. The fourth-order valence-corrected chi connectivity index (χ4v) is 2.42. The quantitative estimate of drug-likeness (QED) is 0.661. The summed E-state index contributed by atoms with van der Waals surface area (Å²) in [5.74, 6) is 0.409. The van der Waals surface area contributed by atoms with Crippen molar-refractivity contribution >= 4 is 22.5 Å². The van der Waals surface area contributed by atoms with Gasteiger partial charge in [-0.15, -0.1) is 5.10 Å². The Morgan fingerprint density at radius 3 is 2.92 bits per heavy atom. The van der Waals surface area contributed by atoms with Crippen LogP contribution in [0.4, 0.5) is 5.69 Å². The van der Waals surface area contributed by atoms with Crippen molar-refractivity contribution in [3.63, 3.8) is 0 Å². The highest BCUT2D eigenvalue weighted by molar-refractivity contribution is 5.90. The fourth-order valence-electron chi connectivity index (χ4n) is 2.42. The van der Waals surface area contributed by atoms with Crippen molar-refractivity contribution < 1.29 is 9.53 Å². The number of aromatic nitrogens is 3. The molecule has 0 atom stereocenters. The molecule has 0 radical (unpaired) electrons. The van der Waals surface area contributed by atoms with E-state index < -0.39 is 0 Å². The van der Waals surface area contributed by atoms with Crippen LogP contribution in [0.25, 0.3) is 10.9 Å². The Hall–Kier alpha value is -3.48. The molecule has 0 aliphatic rings. The first-order chi connectivity index (χ1) is 12.7. The zero-order valence-corrected chi connectivity index (χ0v) is 14.1. The highest BCUT2D eigenvalue weighted by Crippen LogP contribution is 2.17. The average Bonchev–Trinajstić information content (AvgIpc) is 2.66. The van der Waals surface area contributed by atoms with Crippen LogP contribution in [0.3, 0.4) is 0 Å². The van der Waals surface area contributed by atoms with Gasteiger partial charge in [0.1, 0.15) is 17.9 Å². The molecule has 0 aliphatic heterocycles. The minimum absolute atomic E-state index is 0.102. The van der Waals surface area contributed by atoms with E-state index in [2.05, 4.69) is 22.2 Å². The summed E-state index contributed by atoms with van der Waals surface area (Å²) in [4.78, 5) is 24.5. The smallest absolute Gasteiger partial charge is 0.277 e. The molecule has 2 aromatic carbocycles. The van der Waals surface area contributed by atoms with E-state index in [9.17, 15) is 9.59 Å². The van der Waals surface area contributed by atoms with Gasteiger partial charge in [-0.2, -0.15) is 0 Å². The molecule has 1 aromatic heterocycles. The topological polar surface area (TPSA) is 86.1 Å². The molecule has 132 valence electrons. The first-order valence-corrected chi connectivity index (χ1v) is 8.13. The summed E-state index contributed by atoms with van der Waals surface area (Å²) in [5.41, 5.74) is 0.895. The first-order valence-electron chi connectivity index (χ1n) is 8.13. The van der Waals surface area contributed by atoms with Crippen molar-refractivity contribution in [1.82, 2.24) is 15.0 Å². The monoisotopic (exact) mass is 350 g/mol. The van der Waals surface area contributed by atoms with E-state index in [0.29, 0.717) is 28.9 Å². The van der Waals surface area contributed by atoms with Crippen molar-refractivity contribution in [3.8, 4) is 5.75 Å². The van der Waals surface area contributed by atoms with Crippen LogP contribution in [0.2, 0.25) is 0 Å². The predicted molar refractivity (Wildman–Crippen MR) is 99.2 cm³/mol. The minimum atomic E-state index is -0.261. The maximum absolute atomic E-state index is 12.3. The lowest BCUT2D eigenvalue weighted by Gasteiger charge is -2.08. The highest BCUT2D eigenvalue weighted by Gasteiger charge is 2.08. The lowest BCUT2D eigenvalue weighted by Crippen LogP contribution is -2.26. The summed E-state index contributed by atoms with van der Waals surface area (Å²) in [7, 11) is 0. The Balaban J connectivity index is 1.63. The van der Waals surface area contributed by atoms with Crippen molar-refractivity contribution in [2.75, 3.05) is 11.9 Å². The lowest BCUT2D eigenvalue weighted by molar-refractivity contribution is -0.116. The average molecular weight is 350 g/mol. The van der Waals surface area contributed by atoms with Crippen LogP contribution in [0, 0.1) is 0 Å². The number of carbonyl (C=O) groups excluding carboxylic acids is 1. The molecule has 1 N–H and O–H groups in total. The summed E-state index contributed by atoms with van der Waals surface area (Å²) in [6.07, 6.45) is 1.75. The van der Waals surface area contributed by atoms with Gasteiger partial charge in [0.2, 0.25) is 5.91 Å². The van der Waals surface area contributed by atoms with Crippen LogP contribution in [0.5, 0.6) is 5.75 Å². The highest BCUT2D eigenvalue weighted by atomic mass is 16.5. The number of aryl methyl sites for hydroxylation is 1. The Morgan fingerprint density at radius 2 is 2.08 bits per heavy atom. The Morgan fingerprint density at radius 1 is 1.23 bits per heavy atom. The molecule has 26 heavy (non-hydrogen) atoms. The summed E-state index contributed by atoms with van der Waals surface area (Å²) >= 11 is 0. The van der Waals surface area contributed by atoms with Crippen LogP contribution >= 0.6 is 0 Å². The summed E-state index contributed by atoms with van der Waals surface area (Å²) < 4.78 is 6.63. The number of hydrogen-bond acceptors (Lipinski definition) is 5. The van der Waals surface area contributed by atoms with E-state index in [1.54, 1.807) is 54.6 Å². The number of benzene rings is 2. The molecule has 7 nitrogen and oxygen atoms in total. The van der Waals surface area contributed by atoms with Crippen LogP contribution in [-0.4, -0.2) is 27.5 Å². The van der Waals surface area contributed by atoms with E-state index in [1.165, 1.54) is 4.68 Å². The van der Waals surface area contributed by atoms with Gasteiger partial charge in [-0.05, 0) is 24.3 Å². The second-order valence-electron chi connectivity index (χ2n) is 5.56. The molecule has 0 fully saturated rings. The lowest BCUT2D eigenvalue weighted by atomic mass is 10.2. The summed E-state index contributed by atoms with van der Waals surface area (Å²) in [5, 5.41) is 11.1. The van der Waals surface area contributed by atoms with Gasteiger partial charge in [-0.3, -0.25) is 9.59 Å². The number of carbonyl (C=O) groups is 1. The van der Waals surface area contributed by atoms with Crippen molar-refractivity contribution in [2.45, 2.75) is 13.0 Å². The normalized spacial score (nSPS) is 10.5. The third-order valence-corrected chi connectivity index (χ3v) is 3.67. The van der Waals surface area contributed by atoms with Gasteiger partial charge in [0.25, 0.3) is 5.56 Å². The number of ether oxygens (including phenoxy) is 1. The standard InChI is InChI=1S/C19H18N4O3/c1-2-12-26-15-7-5-6-14(13-15)20-18(24)10-11-23-19(25)16-8-3-4-9-17(16)21-22-23/h2-9,13H,1,10-12H2,(H,20,24). The summed E-state index contributed by atoms with van der Waals surface area (Å²) in [6, 6.07) is 14.0. The van der Waals surface area contributed by atoms with Gasteiger partial charge in [0, 0.05) is 18.2 Å². The van der Waals surface area contributed by atoms with Crippen LogP contribution in [-0.2, 0) is 11.3 Å². The fraction of sp³-hybridized carbons (Fsp3) is 0.158. The number of fused-ring (bicyclic) bond motifs is 1. The van der Waals surface area contributed by atoms with Gasteiger partial charge >= 0.3 is 0 Å². The second-order valence-corrected chi connectivity index (χ2v) is 5.56. The van der Waals surface area contributed by atoms with Gasteiger partial charge in [0.15, 0.2) is 0 Å². The zero-order valence-electron chi connectivity index (χ0n) is 14.1. The molecule has 1 heterocycles. The number of nitrogens with zero attached hydrogens (tertiary/aromatic N) is 3. The molecular formula is C19H18N4O3. The number of nitrogens with one attached hydrogen (secondary N) is 1. The summed E-state index contributed by atoms with van der Waals surface area (Å²) in [6.45, 7) is 4.13. The van der Waals surface area contributed by atoms with Gasteiger partial charge in [-0.25, -0.2) is 4.68 Å². The molecule has 1 amide bonds. The molecular weight excluding hydrogens is 332 g/mol. The number of hydrogen-bond donors (Lipinski definition) is 1. The number of anilines is 1. The molecule has 0 saturated carbocycles. The van der Waals surface area contributed by atoms with Crippen LogP contribution in [0.1, 0.15) is 6.42 Å². The van der Waals surface area contributed by atoms with Gasteiger partial charge < -0.3 is 10.1 Å². The molecule has 0 saturated heterocycles. The van der Waals surface area contributed by atoms with Crippen molar-refractivity contribution in [2.24, 2.45) is 0 Å². The maximum atomic E-state index is 12.3. The SMILES string of the molecule is C=CCOc1cccc(NC(=O)CCn2nnc3ccccc3c2=O)c1. The van der Waals surface area contributed by atoms with Gasteiger partial charge in [0.05, 0.1) is 11.9 Å². The molecule has 7 heteroatoms. The van der Waals surface area contributed by atoms with Crippen molar-refractivity contribution in [3.05, 3.63) is 71.5 Å². The van der Waals surface area contributed by atoms with E-state index in [-0.39, 0.29) is 24.4 Å². The molecule has 0 unspecified atom stereocenters. The first kappa shape index (κ1) is 17.3. The van der Waals surface area contributed by atoms with E-state index in [0.717, 1.165) is 0 Å². The van der Waals surface area contributed by atoms with Crippen LogP contribution in [0.15, 0.2) is 66.0 Å². The van der Waals surface area contributed by atoms with E-state index in [1.807, 2.05) is 0 Å². The Bertz CT molecular complexity index is 997. The Labute approximate surface area is 149 Å². The molecule has 3 aromatic rings. The minimum Gasteiger partial charge on any atom is -0.489 e. The third kappa shape index (κ3) is 4.13. The van der Waals surface area contributed by atoms with E-state index in [4.69, 9.17) is 4.74 Å². The molecule has 0 aliphatic carbocycles. The van der Waals surface area contributed by atoms with E-state index >= 15 is 0 Å². The van der Waals surface area contributed by atoms with Gasteiger partial charge in [-0.1, -0.05) is 36.1 Å². The number of amides is 1. The second kappa shape index (κ2) is 8.06. The number of rotatable bonds is 7. The molecule has 3 rings (SSSR count). The zero-order chi connectivity index (χ0) is 18.4. The largest absolute Gasteiger partial charge is 0.489 e. The molecule has 0 bridgehead atoms. The third-order valence-electron chi connectivity index (χ3n) is 3.67. The van der Waals surface area contributed by atoms with Crippen molar-refractivity contribution in [1.29, 1.82) is 0 Å². The predicted octanol–water partition coefficient (Wildman–Crippen LogP) is 2.39.